The van der Waals surface area contributed by atoms with Crippen molar-refractivity contribution in [2.75, 3.05) is 33.1 Å². The minimum absolute atomic E-state index is 0.0779. The zero-order chi connectivity index (χ0) is 20.7. The molecule has 0 spiro atoms. The van der Waals surface area contributed by atoms with Crippen LogP contribution in [0.5, 0.6) is 5.75 Å². The number of hydrogen-bond donors (Lipinski definition) is 1. The van der Waals surface area contributed by atoms with Gasteiger partial charge in [-0.2, -0.15) is 0 Å². The van der Waals surface area contributed by atoms with Gasteiger partial charge in [0.25, 0.3) is 5.91 Å². The van der Waals surface area contributed by atoms with Gasteiger partial charge in [0.05, 0.1) is 19.8 Å². The van der Waals surface area contributed by atoms with Crippen LogP contribution < -0.4 is 10.1 Å². The molecule has 2 aromatic rings. The first kappa shape index (κ1) is 21.5. The van der Waals surface area contributed by atoms with E-state index in [0.29, 0.717) is 12.2 Å². The molecule has 1 N–H and O–H groups in total. The molecule has 1 heterocycles. The minimum atomic E-state index is -3.77. The summed E-state index contributed by atoms with van der Waals surface area (Å²) in [4.78, 5) is 23.6. The van der Waals surface area contributed by atoms with Crippen LogP contribution in [0.3, 0.4) is 0 Å². The first-order valence-corrected chi connectivity index (χ1v) is 9.76. The molecule has 0 atom stereocenters. The summed E-state index contributed by atoms with van der Waals surface area (Å²) >= 11 is 0. The Balaban J connectivity index is 1.95. The quantitative estimate of drug-likeness (QED) is 0.625. The standard InChI is InChI=1S/C18H22N2O7S/c1-20(2)28(23,24)16-11-13(6-8-15(16)25-3)19-17(21)12-27-18(22)9-7-14-5-4-10-26-14/h4-6,8,10-11H,7,9,12H2,1-3H3,(H,19,21). The van der Waals surface area contributed by atoms with Crippen molar-refractivity contribution in [2.45, 2.75) is 17.7 Å². The van der Waals surface area contributed by atoms with Gasteiger partial charge in [0.1, 0.15) is 16.4 Å². The van der Waals surface area contributed by atoms with Crippen molar-refractivity contribution in [3.05, 3.63) is 42.4 Å². The first-order valence-electron chi connectivity index (χ1n) is 8.32. The largest absolute Gasteiger partial charge is 0.495 e. The number of nitrogens with one attached hydrogen (secondary N) is 1. The van der Waals surface area contributed by atoms with E-state index in [-0.39, 0.29) is 22.8 Å². The Bertz CT molecular complexity index is 921. The third kappa shape index (κ3) is 5.57. The van der Waals surface area contributed by atoms with Crippen LogP contribution in [0.25, 0.3) is 0 Å². The molecule has 1 amide bonds. The number of sulfonamides is 1. The molecule has 10 heteroatoms. The maximum absolute atomic E-state index is 12.4. The topological polar surface area (TPSA) is 115 Å². The van der Waals surface area contributed by atoms with Crippen LogP contribution in [0.2, 0.25) is 0 Å². The molecule has 0 saturated heterocycles. The van der Waals surface area contributed by atoms with Crippen molar-refractivity contribution in [2.24, 2.45) is 0 Å². The first-order chi connectivity index (χ1) is 13.2. The maximum Gasteiger partial charge on any atom is 0.306 e. The number of furan rings is 1. The molecule has 152 valence electrons. The summed E-state index contributed by atoms with van der Waals surface area (Å²) in [6.45, 7) is -0.487. The third-order valence-electron chi connectivity index (χ3n) is 3.73. The van der Waals surface area contributed by atoms with E-state index in [4.69, 9.17) is 13.9 Å². The van der Waals surface area contributed by atoms with Crippen LogP contribution in [-0.4, -0.2) is 52.4 Å². The van der Waals surface area contributed by atoms with Crippen molar-refractivity contribution in [1.82, 2.24) is 4.31 Å². The Morgan fingerprint density at radius 1 is 1.21 bits per heavy atom. The molecule has 0 fully saturated rings. The number of benzene rings is 1. The maximum atomic E-state index is 12.4. The summed E-state index contributed by atoms with van der Waals surface area (Å²) in [7, 11) is 0.364. The average Bonchev–Trinajstić information content (AvgIpc) is 3.18. The lowest BCUT2D eigenvalue weighted by Gasteiger charge is -2.16. The second-order valence-corrected chi connectivity index (χ2v) is 8.06. The van der Waals surface area contributed by atoms with E-state index in [0.717, 1.165) is 4.31 Å². The van der Waals surface area contributed by atoms with E-state index < -0.39 is 28.5 Å². The van der Waals surface area contributed by atoms with Crippen molar-refractivity contribution in [3.8, 4) is 5.75 Å². The number of methoxy groups -OCH3 is 1. The van der Waals surface area contributed by atoms with E-state index >= 15 is 0 Å². The van der Waals surface area contributed by atoms with E-state index in [1.54, 1.807) is 12.1 Å². The van der Waals surface area contributed by atoms with Gasteiger partial charge >= 0.3 is 5.97 Å². The SMILES string of the molecule is COc1ccc(NC(=O)COC(=O)CCc2ccco2)cc1S(=O)(=O)N(C)C. The van der Waals surface area contributed by atoms with Crippen LogP contribution in [0.15, 0.2) is 45.9 Å². The fourth-order valence-electron chi connectivity index (χ4n) is 2.25. The van der Waals surface area contributed by atoms with Crippen LogP contribution in [0.1, 0.15) is 12.2 Å². The molecular formula is C18H22N2O7S. The number of rotatable bonds is 9. The average molecular weight is 410 g/mol. The zero-order valence-electron chi connectivity index (χ0n) is 15.8. The lowest BCUT2D eigenvalue weighted by Crippen LogP contribution is -2.24. The molecule has 1 aromatic carbocycles. The molecule has 0 radical (unpaired) electrons. The monoisotopic (exact) mass is 410 g/mol. The molecule has 2 rings (SSSR count). The van der Waals surface area contributed by atoms with Gasteiger partial charge in [0.2, 0.25) is 10.0 Å². The zero-order valence-corrected chi connectivity index (χ0v) is 16.6. The van der Waals surface area contributed by atoms with Gasteiger partial charge in [-0.25, -0.2) is 12.7 Å². The molecule has 0 unspecified atom stereocenters. The van der Waals surface area contributed by atoms with Crippen molar-refractivity contribution in [1.29, 1.82) is 0 Å². The highest BCUT2D eigenvalue weighted by atomic mass is 32.2. The van der Waals surface area contributed by atoms with E-state index in [1.165, 1.54) is 45.7 Å². The third-order valence-corrected chi connectivity index (χ3v) is 5.56. The molecule has 9 nitrogen and oxygen atoms in total. The molecule has 0 aliphatic heterocycles. The molecule has 0 bridgehead atoms. The second kappa shape index (κ2) is 9.38. The van der Waals surface area contributed by atoms with Gasteiger partial charge < -0.3 is 19.2 Å². The number of esters is 1. The smallest absolute Gasteiger partial charge is 0.306 e. The normalized spacial score (nSPS) is 11.3. The van der Waals surface area contributed by atoms with Gasteiger partial charge in [-0.1, -0.05) is 0 Å². The predicted octanol–water partition coefficient (Wildman–Crippen LogP) is 1.65. The lowest BCUT2D eigenvalue weighted by atomic mass is 10.2. The number of ether oxygens (including phenoxy) is 2. The van der Waals surface area contributed by atoms with Crippen molar-refractivity contribution in [3.63, 3.8) is 0 Å². The summed E-state index contributed by atoms with van der Waals surface area (Å²) in [5.74, 6) is -0.341. The van der Waals surface area contributed by atoms with Gasteiger partial charge in [-0.3, -0.25) is 9.59 Å². The number of amides is 1. The molecule has 0 saturated carbocycles. The summed E-state index contributed by atoms with van der Waals surface area (Å²) in [5, 5.41) is 2.50. The number of carbonyl (C=O) groups excluding carboxylic acids is 2. The molecule has 28 heavy (non-hydrogen) atoms. The highest BCUT2D eigenvalue weighted by Gasteiger charge is 2.23. The van der Waals surface area contributed by atoms with E-state index in [1.807, 2.05) is 0 Å². The molecule has 1 aromatic heterocycles. The number of hydrogen-bond acceptors (Lipinski definition) is 7. The van der Waals surface area contributed by atoms with Gasteiger partial charge in [0, 0.05) is 26.2 Å². The predicted molar refractivity (Wildman–Crippen MR) is 100 cm³/mol. The lowest BCUT2D eigenvalue weighted by molar-refractivity contribution is -0.147. The van der Waals surface area contributed by atoms with Crippen molar-refractivity contribution >= 4 is 27.6 Å². The summed E-state index contributed by atoms with van der Waals surface area (Å²) < 4.78 is 40.9. The van der Waals surface area contributed by atoms with Crippen molar-refractivity contribution < 1.29 is 31.9 Å². The van der Waals surface area contributed by atoms with E-state index in [9.17, 15) is 18.0 Å². The van der Waals surface area contributed by atoms with Crippen LogP contribution in [-0.2, 0) is 30.8 Å². The number of aryl methyl sites for hydroxylation is 1. The Labute approximate surface area is 163 Å². The van der Waals surface area contributed by atoms with Crippen LogP contribution >= 0.6 is 0 Å². The van der Waals surface area contributed by atoms with Gasteiger partial charge in [0.15, 0.2) is 6.61 Å². The summed E-state index contributed by atoms with van der Waals surface area (Å²) in [6, 6.07) is 7.66. The highest BCUT2D eigenvalue weighted by Crippen LogP contribution is 2.28. The summed E-state index contributed by atoms with van der Waals surface area (Å²) in [5.41, 5.74) is 0.234. The number of anilines is 1. The molecule has 0 aliphatic rings. The second-order valence-electron chi connectivity index (χ2n) is 5.94. The Kier molecular flexibility index (Phi) is 7.18. The highest BCUT2D eigenvalue weighted by molar-refractivity contribution is 7.89. The van der Waals surface area contributed by atoms with Gasteiger partial charge in [-0.05, 0) is 30.3 Å². The number of nitrogens with zero attached hydrogens (tertiary/aromatic N) is 1. The fraction of sp³-hybridized carbons (Fsp3) is 0.333. The molecular weight excluding hydrogens is 388 g/mol. The molecule has 0 aliphatic carbocycles. The summed E-state index contributed by atoms with van der Waals surface area (Å²) in [6.07, 6.45) is 1.96. The van der Waals surface area contributed by atoms with E-state index in [2.05, 4.69) is 5.32 Å². The number of carbonyl (C=O) groups is 2. The Morgan fingerprint density at radius 3 is 2.57 bits per heavy atom. The Morgan fingerprint density at radius 2 is 1.96 bits per heavy atom. The fourth-order valence-corrected chi connectivity index (χ4v) is 3.32. The minimum Gasteiger partial charge on any atom is -0.495 e. The van der Waals surface area contributed by atoms with Crippen LogP contribution in [0.4, 0.5) is 5.69 Å². The Hall–Kier alpha value is -2.85. The van der Waals surface area contributed by atoms with Crippen LogP contribution in [0, 0.1) is 0 Å². The van der Waals surface area contributed by atoms with Gasteiger partial charge in [-0.15, -0.1) is 0 Å².